The Balaban J connectivity index is 1.23. The van der Waals surface area contributed by atoms with Crippen molar-refractivity contribution in [2.45, 2.75) is 38.4 Å². The Morgan fingerprint density at radius 2 is 0.781 bits per heavy atom. The standard InChI is InChI=1S/C60H56N2SSi/c1-41-37-57(63(3,4)5)51(43-21-13-9-14-22-43)39-55(41)61(47-25-17-11-18-26-47)53-35-31-45-30-34-50-54(36-32-46-29-33-49(53)59(45)60(46)50)62(48-27-19-12-20-28-48)56-40-52(44-23-15-10-16-24-44)58(38-42(56)2)64(6,7)8/h9-40H,1-8H3. The molecule has 0 bridgehead atoms. The van der Waals surface area contributed by atoms with Crippen molar-refractivity contribution in [3.8, 4) is 22.3 Å². The molecule has 0 saturated heterocycles. The van der Waals surface area contributed by atoms with E-state index in [0.29, 0.717) is 0 Å². The molecule has 0 unspecified atom stereocenters. The molecule has 4 heteroatoms. The predicted molar refractivity (Wildman–Crippen MR) is 286 cm³/mol. The Hall–Kier alpha value is -6.59. The van der Waals surface area contributed by atoms with Crippen LogP contribution in [-0.4, -0.2) is 26.8 Å². The summed E-state index contributed by atoms with van der Waals surface area (Å²) in [6.07, 6.45) is 7.22. The van der Waals surface area contributed by atoms with Gasteiger partial charge in [0, 0.05) is 33.5 Å². The normalized spacial score (nSPS) is 12.3. The highest BCUT2D eigenvalue weighted by molar-refractivity contribution is 8.32. The van der Waals surface area contributed by atoms with Crippen LogP contribution in [-0.2, 0) is 0 Å². The van der Waals surface area contributed by atoms with E-state index in [1.165, 1.54) is 98.5 Å². The Morgan fingerprint density at radius 3 is 1.22 bits per heavy atom. The lowest BCUT2D eigenvalue weighted by Gasteiger charge is -2.34. The summed E-state index contributed by atoms with van der Waals surface area (Å²) < 4.78 is 0. The summed E-state index contributed by atoms with van der Waals surface area (Å²) in [5.74, 6) is 0. The molecule has 0 amide bonds. The lowest BCUT2D eigenvalue weighted by molar-refractivity contribution is 1.24. The van der Waals surface area contributed by atoms with Crippen LogP contribution in [0.25, 0.3) is 54.6 Å². The van der Waals surface area contributed by atoms with Crippen LogP contribution in [0, 0.1) is 13.8 Å². The lowest BCUT2D eigenvalue weighted by atomic mass is 9.91. The first-order valence-corrected chi connectivity index (χ1v) is 28.7. The van der Waals surface area contributed by atoms with E-state index in [1.54, 1.807) is 0 Å². The largest absolute Gasteiger partial charge is 0.310 e. The summed E-state index contributed by atoms with van der Waals surface area (Å²) in [5.41, 5.74) is 14.7. The molecule has 64 heavy (non-hydrogen) atoms. The summed E-state index contributed by atoms with van der Waals surface area (Å²) >= 11 is 0. The fraction of sp³-hybridized carbons (Fsp3) is 0.133. The van der Waals surface area contributed by atoms with E-state index in [1.807, 2.05) is 0 Å². The molecular formula is C60H56N2SSi. The van der Waals surface area contributed by atoms with Crippen molar-refractivity contribution in [3.05, 3.63) is 205 Å². The van der Waals surface area contributed by atoms with Gasteiger partial charge in [0.1, 0.15) is 0 Å². The van der Waals surface area contributed by atoms with Gasteiger partial charge in [-0.1, -0.05) is 164 Å². The fourth-order valence-electron chi connectivity index (χ4n) is 9.81. The van der Waals surface area contributed by atoms with Gasteiger partial charge in [0.2, 0.25) is 0 Å². The molecule has 0 radical (unpaired) electrons. The molecule has 0 spiro atoms. The van der Waals surface area contributed by atoms with Crippen molar-refractivity contribution in [3.63, 3.8) is 0 Å². The molecule has 10 aromatic carbocycles. The smallest absolute Gasteiger partial charge is 0.0784 e. The Bertz CT molecular complexity index is 3070. The molecule has 0 saturated carbocycles. The van der Waals surface area contributed by atoms with Gasteiger partial charge in [0.05, 0.1) is 19.4 Å². The lowest BCUT2D eigenvalue weighted by Crippen LogP contribution is -2.39. The van der Waals surface area contributed by atoms with Gasteiger partial charge in [-0.25, -0.2) is 10.0 Å². The molecule has 0 aromatic heterocycles. The van der Waals surface area contributed by atoms with E-state index < -0.39 is 18.1 Å². The summed E-state index contributed by atoms with van der Waals surface area (Å²) in [5, 5.41) is 9.01. The SMILES string of the molecule is Cc1cc([Si](C)(C)C)c(-c2ccccc2)cc1N(c1ccccc1)c1ccc2ccc3c(N(c4ccccc4)c4cc(-c5ccccc5)c(S(C)(C)C)cc4C)ccc4ccc1c2c43. The van der Waals surface area contributed by atoms with E-state index in [4.69, 9.17) is 0 Å². The van der Waals surface area contributed by atoms with Crippen molar-refractivity contribution in [2.24, 2.45) is 0 Å². The zero-order chi connectivity index (χ0) is 44.3. The Morgan fingerprint density at radius 1 is 0.391 bits per heavy atom. The Kier molecular flexibility index (Phi) is 10.5. The molecule has 0 heterocycles. The molecule has 0 N–H and O–H groups in total. The average molecular weight is 865 g/mol. The van der Waals surface area contributed by atoms with Gasteiger partial charge in [0.15, 0.2) is 0 Å². The molecule has 10 aromatic rings. The third kappa shape index (κ3) is 7.35. The topological polar surface area (TPSA) is 6.48 Å². The minimum absolute atomic E-state index is 1.05. The average Bonchev–Trinajstić information content (AvgIpc) is 3.30. The Labute approximate surface area is 382 Å². The number of nitrogens with zero attached hydrogens (tertiary/aromatic N) is 2. The number of para-hydroxylation sites is 2. The highest BCUT2D eigenvalue weighted by Crippen LogP contribution is 2.54. The van der Waals surface area contributed by atoms with Gasteiger partial charge in [-0.05, 0) is 147 Å². The van der Waals surface area contributed by atoms with Crippen molar-refractivity contribution in [2.75, 3.05) is 28.6 Å². The minimum Gasteiger partial charge on any atom is -0.310 e. The predicted octanol–water partition coefficient (Wildman–Crippen LogP) is 17.1. The number of anilines is 6. The third-order valence-corrected chi connectivity index (χ3v) is 16.6. The molecule has 0 aliphatic carbocycles. The van der Waals surface area contributed by atoms with Crippen LogP contribution in [0.4, 0.5) is 34.1 Å². The highest BCUT2D eigenvalue weighted by atomic mass is 32.3. The second-order valence-electron chi connectivity index (χ2n) is 19.1. The molecule has 0 fully saturated rings. The van der Waals surface area contributed by atoms with Gasteiger partial charge in [-0.3, -0.25) is 0 Å². The van der Waals surface area contributed by atoms with Gasteiger partial charge >= 0.3 is 0 Å². The minimum atomic E-state index is -1.72. The van der Waals surface area contributed by atoms with Gasteiger partial charge in [-0.15, -0.1) is 0 Å². The van der Waals surface area contributed by atoms with Crippen molar-refractivity contribution in [1.82, 2.24) is 0 Å². The van der Waals surface area contributed by atoms with E-state index in [-0.39, 0.29) is 0 Å². The van der Waals surface area contributed by atoms with E-state index in [2.05, 4.69) is 256 Å². The maximum absolute atomic E-state index is 2.51. The van der Waals surface area contributed by atoms with Crippen LogP contribution in [0.5, 0.6) is 0 Å². The monoisotopic (exact) mass is 864 g/mol. The van der Waals surface area contributed by atoms with Crippen LogP contribution < -0.4 is 15.0 Å². The first-order valence-electron chi connectivity index (χ1n) is 22.4. The zero-order valence-corrected chi connectivity index (χ0v) is 40.1. The van der Waals surface area contributed by atoms with Crippen LogP contribution in [0.2, 0.25) is 19.6 Å². The molecule has 2 nitrogen and oxygen atoms in total. The molecule has 0 aliphatic rings. The maximum atomic E-state index is 2.51. The molecular weight excluding hydrogens is 809 g/mol. The second-order valence-corrected chi connectivity index (χ2v) is 28.2. The van der Waals surface area contributed by atoms with Crippen LogP contribution >= 0.6 is 10.0 Å². The third-order valence-electron chi connectivity index (χ3n) is 12.9. The number of aryl methyl sites for hydroxylation is 2. The summed E-state index contributed by atoms with van der Waals surface area (Å²) in [6, 6.07) is 72.4. The van der Waals surface area contributed by atoms with Gasteiger partial charge in [-0.2, -0.15) is 0 Å². The van der Waals surface area contributed by atoms with Crippen LogP contribution in [0.1, 0.15) is 11.1 Å². The summed E-state index contributed by atoms with van der Waals surface area (Å²) in [7, 11) is -2.76. The summed E-state index contributed by atoms with van der Waals surface area (Å²) in [4.78, 5) is 6.44. The molecule has 0 aliphatic heterocycles. The molecule has 10 rings (SSSR count). The van der Waals surface area contributed by atoms with Crippen molar-refractivity contribution >= 4 is 89.7 Å². The number of benzene rings is 10. The number of hydrogen-bond acceptors (Lipinski definition) is 2. The van der Waals surface area contributed by atoms with Crippen molar-refractivity contribution < 1.29 is 0 Å². The summed E-state index contributed by atoms with van der Waals surface area (Å²) in [6.45, 7) is 12.0. The first kappa shape index (κ1) is 41.4. The number of rotatable bonds is 10. The van der Waals surface area contributed by atoms with E-state index in [0.717, 1.165) is 11.4 Å². The van der Waals surface area contributed by atoms with Crippen LogP contribution in [0.15, 0.2) is 199 Å². The van der Waals surface area contributed by atoms with Crippen LogP contribution in [0.3, 0.4) is 0 Å². The zero-order valence-electron chi connectivity index (χ0n) is 38.3. The molecule has 316 valence electrons. The maximum Gasteiger partial charge on any atom is 0.0784 e. The quantitative estimate of drug-likeness (QED) is 0.0998. The van der Waals surface area contributed by atoms with E-state index >= 15 is 0 Å². The van der Waals surface area contributed by atoms with Gasteiger partial charge in [0.25, 0.3) is 0 Å². The highest BCUT2D eigenvalue weighted by Gasteiger charge is 2.28. The molecule has 0 atom stereocenters. The number of hydrogen-bond donors (Lipinski definition) is 0. The van der Waals surface area contributed by atoms with E-state index in [9.17, 15) is 0 Å². The fourth-order valence-corrected chi connectivity index (χ4v) is 12.8. The first-order chi connectivity index (χ1) is 30.9. The second kappa shape index (κ2) is 16.2. The van der Waals surface area contributed by atoms with Gasteiger partial charge < -0.3 is 9.80 Å². The van der Waals surface area contributed by atoms with Crippen molar-refractivity contribution in [1.29, 1.82) is 0 Å².